The summed E-state index contributed by atoms with van der Waals surface area (Å²) in [5.41, 5.74) is 7.07. The molecule has 0 bridgehead atoms. The summed E-state index contributed by atoms with van der Waals surface area (Å²) in [5.74, 6) is 0.602. The molecule has 0 saturated carbocycles. The van der Waals surface area contributed by atoms with E-state index in [-0.39, 0.29) is 17.5 Å². The number of aryl methyl sites for hydroxylation is 1. The van der Waals surface area contributed by atoms with Crippen molar-refractivity contribution in [2.75, 3.05) is 5.73 Å². The monoisotopic (exact) mass is 288 g/mol. The quantitative estimate of drug-likeness (QED) is 0.684. The van der Waals surface area contributed by atoms with Crippen LogP contribution in [0.2, 0.25) is 0 Å². The molecule has 0 saturated heterocycles. The number of ether oxygens (including phenoxy) is 1. The molecule has 0 radical (unpaired) electrons. The molecule has 1 heterocycles. The van der Waals surface area contributed by atoms with E-state index >= 15 is 0 Å². The number of nitrogens with two attached hydrogens (primary N) is 1. The zero-order chi connectivity index (χ0) is 15.6. The molecule has 21 heavy (non-hydrogen) atoms. The maximum atomic E-state index is 11.0. The number of nitro groups is 1. The predicted molar refractivity (Wildman–Crippen MR) is 78.4 cm³/mol. The molecule has 0 unspecified atom stereocenters. The fourth-order valence-corrected chi connectivity index (χ4v) is 1.76. The molecule has 1 aromatic heterocycles. The Morgan fingerprint density at radius 2 is 2.10 bits per heavy atom. The van der Waals surface area contributed by atoms with E-state index in [1.165, 1.54) is 0 Å². The summed E-state index contributed by atoms with van der Waals surface area (Å²) in [6, 6.07) is 5.75. The smallest absolute Gasteiger partial charge is 0.349 e. The van der Waals surface area contributed by atoms with Crippen LogP contribution in [-0.4, -0.2) is 14.9 Å². The molecular weight excluding hydrogens is 272 g/mol. The molecule has 0 aliphatic carbocycles. The molecule has 2 rings (SSSR count). The van der Waals surface area contributed by atoms with Crippen molar-refractivity contribution in [3.8, 4) is 11.6 Å². The van der Waals surface area contributed by atoms with E-state index in [0.29, 0.717) is 11.7 Å². The zero-order valence-corrected chi connectivity index (χ0v) is 12.0. The number of benzene rings is 1. The first-order valence-electron chi connectivity index (χ1n) is 6.43. The van der Waals surface area contributed by atoms with E-state index in [9.17, 15) is 10.1 Å². The molecule has 0 aliphatic heterocycles. The number of nitrogen functional groups attached to an aromatic ring is 1. The van der Waals surface area contributed by atoms with Gasteiger partial charge in [0, 0.05) is 0 Å². The standard InChI is InChI=1S/C14H16N4O3/c1-8(2)10-5-4-9(3)12(6-10)21-13-11(18(19)20)7-16-14(15)17-13/h4-8H,1-3H3,(H2,15,16,17). The summed E-state index contributed by atoms with van der Waals surface area (Å²) in [6.45, 7) is 5.97. The van der Waals surface area contributed by atoms with Gasteiger partial charge in [0.2, 0.25) is 5.95 Å². The lowest BCUT2D eigenvalue weighted by atomic mass is 10.0. The summed E-state index contributed by atoms with van der Waals surface area (Å²) in [7, 11) is 0. The predicted octanol–water partition coefficient (Wildman–Crippen LogP) is 3.19. The highest BCUT2D eigenvalue weighted by Crippen LogP contribution is 2.32. The van der Waals surface area contributed by atoms with Crippen LogP contribution in [0, 0.1) is 17.0 Å². The highest BCUT2D eigenvalue weighted by molar-refractivity contribution is 5.46. The normalized spacial score (nSPS) is 10.7. The first-order chi connectivity index (χ1) is 9.88. The van der Waals surface area contributed by atoms with Gasteiger partial charge in [0.1, 0.15) is 11.9 Å². The average molecular weight is 288 g/mol. The van der Waals surface area contributed by atoms with Crippen molar-refractivity contribution in [1.29, 1.82) is 0 Å². The first-order valence-corrected chi connectivity index (χ1v) is 6.43. The van der Waals surface area contributed by atoms with Gasteiger partial charge >= 0.3 is 11.6 Å². The summed E-state index contributed by atoms with van der Waals surface area (Å²) in [4.78, 5) is 17.8. The van der Waals surface area contributed by atoms with Crippen molar-refractivity contribution in [1.82, 2.24) is 9.97 Å². The summed E-state index contributed by atoms with van der Waals surface area (Å²) < 4.78 is 5.60. The maximum Gasteiger partial charge on any atom is 0.349 e. The number of nitrogens with zero attached hydrogens (tertiary/aromatic N) is 3. The molecule has 0 fully saturated rings. The highest BCUT2D eigenvalue weighted by atomic mass is 16.6. The summed E-state index contributed by atoms with van der Waals surface area (Å²) in [6.07, 6.45) is 1.04. The van der Waals surface area contributed by atoms with Crippen molar-refractivity contribution in [2.24, 2.45) is 0 Å². The van der Waals surface area contributed by atoms with Gasteiger partial charge in [-0.2, -0.15) is 4.98 Å². The van der Waals surface area contributed by atoms with Gasteiger partial charge in [0.25, 0.3) is 0 Å². The Balaban J connectivity index is 2.44. The molecule has 7 nitrogen and oxygen atoms in total. The maximum absolute atomic E-state index is 11.0. The topological polar surface area (TPSA) is 104 Å². The third-order valence-corrected chi connectivity index (χ3v) is 3.04. The van der Waals surface area contributed by atoms with Gasteiger partial charge in [-0.15, -0.1) is 0 Å². The van der Waals surface area contributed by atoms with E-state index in [0.717, 1.165) is 17.3 Å². The van der Waals surface area contributed by atoms with Crippen LogP contribution < -0.4 is 10.5 Å². The van der Waals surface area contributed by atoms with Crippen LogP contribution in [0.15, 0.2) is 24.4 Å². The Bertz CT molecular complexity index is 686. The third-order valence-electron chi connectivity index (χ3n) is 3.04. The van der Waals surface area contributed by atoms with Crippen LogP contribution in [0.1, 0.15) is 30.9 Å². The second-order valence-corrected chi connectivity index (χ2v) is 4.96. The van der Waals surface area contributed by atoms with E-state index in [1.54, 1.807) is 0 Å². The lowest BCUT2D eigenvalue weighted by Gasteiger charge is -2.12. The Labute approximate surface area is 121 Å². The van der Waals surface area contributed by atoms with Crippen molar-refractivity contribution < 1.29 is 9.66 Å². The molecule has 2 N–H and O–H groups in total. The molecule has 2 aromatic rings. The Morgan fingerprint density at radius 3 is 2.71 bits per heavy atom. The van der Waals surface area contributed by atoms with Gasteiger partial charge < -0.3 is 10.5 Å². The van der Waals surface area contributed by atoms with Crippen molar-refractivity contribution >= 4 is 11.6 Å². The van der Waals surface area contributed by atoms with Gasteiger partial charge in [0.15, 0.2) is 0 Å². The number of hydrogen-bond acceptors (Lipinski definition) is 6. The third kappa shape index (κ3) is 3.25. The largest absolute Gasteiger partial charge is 0.433 e. The fourth-order valence-electron chi connectivity index (χ4n) is 1.76. The molecule has 1 aromatic carbocycles. The van der Waals surface area contributed by atoms with Crippen LogP contribution in [0.25, 0.3) is 0 Å². The lowest BCUT2D eigenvalue weighted by Crippen LogP contribution is -2.02. The number of rotatable bonds is 4. The van der Waals surface area contributed by atoms with Gasteiger partial charge in [-0.05, 0) is 30.0 Å². The molecule has 0 amide bonds. The van der Waals surface area contributed by atoms with E-state index in [1.807, 2.05) is 25.1 Å². The molecular formula is C14H16N4O3. The van der Waals surface area contributed by atoms with Crippen LogP contribution >= 0.6 is 0 Å². The van der Waals surface area contributed by atoms with Gasteiger partial charge in [-0.1, -0.05) is 26.0 Å². The van der Waals surface area contributed by atoms with Crippen LogP contribution in [-0.2, 0) is 0 Å². The number of hydrogen-bond donors (Lipinski definition) is 1. The molecule has 110 valence electrons. The van der Waals surface area contributed by atoms with Crippen molar-refractivity contribution in [3.05, 3.63) is 45.6 Å². The average Bonchev–Trinajstić information content (AvgIpc) is 2.40. The number of aromatic nitrogens is 2. The molecule has 0 spiro atoms. The summed E-state index contributed by atoms with van der Waals surface area (Å²) >= 11 is 0. The minimum atomic E-state index is -0.601. The zero-order valence-electron chi connectivity index (χ0n) is 12.0. The second-order valence-electron chi connectivity index (χ2n) is 4.96. The Morgan fingerprint density at radius 1 is 1.38 bits per heavy atom. The van der Waals surface area contributed by atoms with E-state index in [4.69, 9.17) is 10.5 Å². The van der Waals surface area contributed by atoms with Crippen molar-refractivity contribution in [3.63, 3.8) is 0 Å². The second kappa shape index (κ2) is 5.74. The van der Waals surface area contributed by atoms with E-state index < -0.39 is 4.92 Å². The van der Waals surface area contributed by atoms with Crippen LogP contribution in [0.3, 0.4) is 0 Å². The molecule has 7 heteroatoms. The van der Waals surface area contributed by atoms with Gasteiger partial charge in [0.05, 0.1) is 4.92 Å². The first kappa shape index (κ1) is 14.7. The number of anilines is 1. The van der Waals surface area contributed by atoms with Crippen LogP contribution in [0.4, 0.5) is 11.6 Å². The SMILES string of the molecule is Cc1ccc(C(C)C)cc1Oc1nc(N)ncc1[N+](=O)[O-]. The Hall–Kier alpha value is -2.70. The van der Waals surface area contributed by atoms with Crippen molar-refractivity contribution in [2.45, 2.75) is 26.7 Å². The van der Waals surface area contributed by atoms with Gasteiger partial charge in [-0.25, -0.2) is 4.98 Å². The minimum absolute atomic E-state index is 0.0757. The molecule has 0 aliphatic rings. The molecule has 0 atom stereocenters. The van der Waals surface area contributed by atoms with Gasteiger partial charge in [-0.3, -0.25) is 10.1 Å². The Kier molecular flexibility index (Phi) is 4.02. The minimum Gasteiger partial charge on any atom is -0.433 e. The highest BCUT2D eigenvalue weighted by Gasteiger charge is 2.20. The fraction of sp³-hybridized carbons (Fsp3) is 0.286. The van der Waals surface area contributed by atoms with Crippen LogP contribution in [0.5, 0.6) is 11.6 Å². The summed E-state index contributed by atoms with van der Waals surface area (Å²) in [5, 5.41) is 11.0. The lowest BCUT2D eigenvalue weighted by molar-refractivity contribution is -0.386. The van der Waals surface area contributed by atoms with E-state index in [2.05, 4.69) is 23.8 Å².